The molecule has 3 rings (SSSR count). The number of aryl methyl sites for hydroxylation is 2. The maximum atomic E-state index is 13.8. The van der Waals surface area contributed by atoms with E-state index in [4.69, 9.17) is 0 Å². The summed E-state index contributed by atoms with van der Waals surface area (Å²) in [6, 6.07) is 17.9. The van der Waals surface area contributed by atoms with E-state index >= 15 is 0 Å². The van der Waals surface area contributed by atoms with Gasteiger partial charge in [-0.1, -0.05) is 48.0 Å². The number of hydrogen-bond donors (Lipinski definition) is 1. The standard InChI is InChI=1S/C29H34FN3O4S/c1-20(2)31-29(35)23(5)32(18-24-12-14-25(30)15-13-24)28(34)19-33(27-9-7-6-8-22(27)4)38(36,37)26-16-10-21(3)11-17-26/h6-17,20,23H,18-19H2,1-5H3,(H,31,35)/t23-/m0/s1. The zero-order valence-corrected chi connectivity index (χ0v) is 23.1. The Hall–Kier alpha value is -3.72. The molecule has 0 saturated heterocycles. The van der Waals surface area contributed by atoms with Crippen LogP contribution in [0.2, 0.25) is 0 Å². The Labute approximate surface area is 224 Å². The number of hydrogen-bond acceptors (Lipinski definition) is 4. The summed E-state index contributed by atoms with van der Waals surface area (Å²) in [4.78, 5) is 28.1. The van der Waals surface area contributed by atoms with Gasteiger partial charge in [-0.15, -0.1) is 0 Å². The number of carbonyl (C=O) groups is 2. The molecule has 0 saturated carbocycles. The maximum absolute atomic E-state index is 13.8. The Balaban J connectivity index is 2.04. The van der Waals surface area contributed by atoms with Crippen LogP contribution in [0.3, 0.4) is 0 Å². The first-order chi connectivity index (χ1) is 17.9. The van der Waals surface area contributed by atoms with Gasteiger partial charge in [0.15, 0.2) is 0 Å². The number of carbonyl (C=O) groups excluding carboxylic acids is 2. The smallest absolute Gasteiger partial charge is 0.264 e. The van der Waals surface area contributed by atoms with Crippen LogP contribution >= 0.6 is 0 Å². The van der Waals surface area contributed by atoms with Crippen molar-refractivity contribution in [1.29, 1.82) is 0 Å². The zero-order valence-electron chi connectivity index (χ0n) is 22.3. The number of nitrogens with zero attached hydrogens (tertiary/aromatic N) is 2. The summed E-state index contributed by atoms with van der Waals surface area (Å²) in [5.41, 5.74) is 2.54. The number of amides is 2. The van der Waals surface area contributed by atoms with E-state index in [1.165, 1.54) is 41.3 Å². The van der Waals surface area contributed by atoms with E-state index in [2.05, 4.69) is 5.32 Å². The minimum absolute atomic E-state index is 0.00200. The molecule has 0 bridgehead atoms. The van der Waals surface area contributed by atoms with E-state index in [-0.39, 0.29) is 23.4 Å². The van der Waals surface area contributed by atoms with Crippen molar-refractivity contribution in [2.24, 2.45) is 0 Å². The average Bonchev–Trinajstić information content (AvgIpc) is 2.86. The topological polar surface area (TPSA) is 86.8 Å². The highest BCUT2D eigenvalue weighted by atomic mass is 32.2. The van der Waals surface area contributed by atoms with E-state index in [1.54, 1.807) is 50.2 Å². The predicted octanol–water partition coefficient (Wildman–Crippen LogP) is 4.58. The molecule has 7 nitrogen and oxygen atoms in total. The van der Waals surface area contributed by atoms with E-state index in [0.29, 0.717) is 16.8 Å². The zero-order chi connectivity index (χ0) is 28.0. The van der Waals surface area contributed by atoms with E-state index in [9.17, 15) is 22.4 Å². The maximum Gasteiger partial charge on any atom is 0.264 e. The van der Waals surface area contributed by atoms with Crippen LogP contribution in [0.15, 0.2) is 77.7 Å². The lowest BCUT2D eigenvalue weighted by Gasteiger charge is -2.32. The molecule has 3 aromatic rings. The molecule has 1 N–H and O–H groups in total. The lowest BCUT2D eigenvalue weighted by atomic mass is 10.1. The second-order valence-corrected chi connectivity index (χ2v) is 11.5. The SMILES string of the molecule is Cc1ccc(S(=O)(=O)N(CC(=O)N(Cc2ccc(F)cc2)[C@@H](C)C(=O)NC(C)C)c2ccccc2C)cc1. The molecule has 202 valence electrons. The van der Waals surface area contributed by atoms with Crippen LogP contribution in [0.1, 0.15) is 37.5 Å². The van der Waals surface area contributed by atoms with E-state index < -0.39 is 34.3 Å². The van der Waals surface area contributed by atoms with Crippen LogP contribution in [0.5, 0.6) is 0 Å². The van der Waals surface area contributed by atoms with E-state index in [0.717, 1.165) is 9.87 Å². The van der Waals surface area contributed by atoms with Crippen LogP contribution in [0.4, 0.5) is 10.1 Å². The molecule has 1 atom stereocenters. The van der Waals surface area contributed by atoms with Gasteiger partial charge in [0, 0.05) is 12.6 Å². The fourth-order valence-corrected chi connectivity index (χ4v) is 5.45. The van der Waals surface area contributed by atoms with Gasteiger partial charge in [0.2, 0.25) is 11.8 Å². The van der Waals surface area contributed by atoms with Crippen molar-refractivity contribution in [3.05, 3.63) is 95.3 Å². The molecule has 0 aromatic heterocycles. The van der Waals surface area contributed by atoms with Crippen LogP contribution < -0.4 is 9.62 Å². The minimum atomic E-state index is -4.13. The summed E-state index contributed by atoms with van der Waals surface area (Å²) in [7, 11) is -4.13. The van der Waals surface area contributed by atoms with Gasteiger partial charge in [0.05, 0.1) is 10.6 Å². The highest BCUT2D eigenvalue weighted by Gasteiger charge is 2.33. The van der Waals surface area contributed by atoms with Crippen LogP contribution in [0, 0.1) is 19.7 Å². The van der Waals surface area contributed by atoms with E-state index in [1.807, 2.05) is 20.8 Å². The molecule has 9 heteroatoms. The third-order valence-corrected chi connectivity index (χ3v) is 7.91. The minimum Gasteiger partial charge on any atom is -0.352 e. The first-order valence-electron chi connectivity index (χ1n) is 12.4. The summed E-state index contributed by atoms with van der Waals surface area (Å²) < 4.78 is 42.3. The first-order valence-corrected chi connectivity index (χ1v) is 13.8. The van der Waals surface area contributed by atoms with Gasteiger partial charge in [-0.3, -0.25) is 13.9 Å². The lowest BCUT2D eigenvalue weighted by molar-refractivity contribution is -0.139. The Kier molecular flexibility index (Phi) is 9.27. The summed E-state index contributed by atoms with van der Waals surface area (Å²) in [6.45, 7) is 8.31. The average molecular weight is 540 g/mol. The number of halogens is 1. The largest absolute Gasteiger partial charge is 0.352 e. The summed E-state index contributed by atoms with van der Waals surface area (Å²) in [5.74, 6) is -1.37. The van der Waals surface area contributed by atoms with Crippen molar-refractivity contribution in [3.8, 4) is 0 Å². The number of para-hydroxylation sites is 1. The van der Waals surface area contributed by atoms with Crippen molar-refractivity contribution in [2.45, 2.75) is 58.1 Å². The van der Waals surface area contributed by atoms with Crippen molar-refractivity contribution in [3.63, 3.8) is 0 Å². The van der Waals surface area contributed by atoms with Crippen LogP contribution in [-0.2, 0) is 26.2 Å². The molecule has 38 heavy (non-hydrogen) atoms. The highest BCUT2D eigenvalue weighted by Crippen LogP contribution is 2.27. The summed E-state index contributed by atoms with van der Waals surface area (Å²) in [6.07, 6.45) is 0. The first kappa shape index (κ1) is 28.8. The third kappa shape index (κ3) is 6.98. The van der Waals surface area contributed by atoms with Crippen LogP contribution in [0.25, 0.3) is 0 Å². The molecular weight excluding hydrogens is 505 g/mol. The molecule has 0 heterocycles. The number of benzene rings is 3. The second-order valence-electron chi connectivity index (χ2n) is 9.60. The van der Waals surface area contributed by atoms with Gasteiger partial charge in [-0.25, -0.2) is 12.8 Å². The fourth-order valence-electron chi connectivity index (χ4n) is 3.97. The number of nitrogens with one attached hydrogen (secondary N) is 1. The second kappa shape index (κ2) is 12.2. The predicted molar refractivity (Wildman–Crippen MR) is 147 cm³/mol. The van der Waals surface area contributed by atoms with Gasteiger partial charge in [0.25, 0.3) is 10.0 Å². The van der Waals surface area contributed by atoms with Gasteiger partial charge in [0.1, 0.15) is 18.4 Å². The Morgan fingerprint density at radius 2 is 1.50 bits per heavy atom. The molecule has 0 spiro atoms. The number of rotatable bonds is 10. The molecule has 0 aliphatic rings. The highest BCUT2D eigenvalue weighted by molar-refractivity contribution is 7.92. The van der Waals surface area contributed by atoms with Gasteiger partial charge < -0.3 is 10.2 Å². The van der Waals surface area contributed by atoms with Crippen molar-refractivity contribution >= 4 is 27.5 Å². The molecule has 0 aliphatic heterocycles. The Morgan fingerprint density at radius 1 is 0.895 bits per heavy atom. The molecule has 3 aromatic carbocycles. The lowest BCUT2D eigenvalue weighted by Crippen LogP contribution is -2.52. The Bertz CT molecular complexity index is 1370. The van der Waals surface area contributed by atoms with Crippen molar-refractivity contribution in [1.82, 2.24) is 10.2 Å². The van der Waals surface area contributed by atoms with Gasteiger partial charge >= 0.3 is 0 Å². The van der Waals surface area contributed by atoms with Crippen LogP contribution in [-0.4, -0.2) is 43.8 Å². The third-order valence-electron chi connectivity index (χ3n) is 6.14. The van der Waals surface area contributed by atoms with Crippen molar-refractivity contribution in [2.75, 3.05) is 10.8 Å². The molecule has 2 amide bonds. The van der Waals surface area contributed by atoms with Crippen molar-refractivity contribution < 1.29 is 22.4 Å². The molecule has 0 radical (unpaired) electrons. The normalized spacial score (nSPS) is 12.2. The number of sulfonamides is 1. The fraction of sp³-hybridized carbons (Fsp3) is 0.310. The monoisotopic (exact) mass is 539 g/mol. The molecular formula is C29H34FN3O4S. The molecule has 0 unspecified atom stereocenters. The number of anilines is 1. The summed E-state index contributed by atoms with van der Waals surface area (Å²) in [5, 5.41) is 2.80. The Morgan fingerprint density at radius 3 is 2.08 bits per heavy atom. The van der Waals surface area contributed by atoms with Gasteiger partial charge in [-0.2, -0.15) is 0 Å². The quantitative estimate of drug-likeness (QED) is 0.409. The van der Waals surface area contributed by atoms with Gasteiger partial charge in [-0.05, 0) is 76.1 Å². The summed E-state index contributed by atoms with van der Waals surface area (Å²) >= 11 is 0. The molecule has 0 aliphatic carbocycles. The molecule has 0 fully saturated rings.